The van der Waals surface area contributed by atoms with Crippen molar-refractivity contribution in [2.75, 3.05) is 0 Å². The monoisotopic (exact) mass is 314 g/mol. The molecule has 0 aliphatic rings. The fourth-order valence-corrected chi connectivity index (χ4v) is 2.93. The molecular weight excluding hydrogens is 300 g/mol. The second kappa shape index (κ2) is 5.66. The van der Waals surface area contributed by atoms with E-state index >= 15 is 0 Å². The number of hydrogen-bond acceptors (Lipinski definition) is 2. The predicted octanol–water partition coefficient (Wildman–Crippen LogP) is 4.00. The summed E-state index contributed by atoms with van der Waals surface area (Å²) in [5.41, 5.74) is 5.65. The lowest BCUT2D eigenvalue weighted by Gasteiger charge is -2.09. The average molecular weight is 314 g/mol. The third-order valence-corrected chi connectivity index (χ3v) is 4.11. The molecule has 0 saturated carbocycles. The van der Waals surface area contributed by atoms with Crippen LogP contribution in [0, 0.1) is 0 Å². The Hall–Kier alpha value is -3.40. The third-order valence-electron chi connectivity index (χ3n) is 4.11. The minimum atomic E-state index is -0.239. The van der Waals surface area contributed by atoms with Crippen molar-refractivity contribution in [3.8, 4) is 22.3 Å². The van der Waals surface area contributed by atoms with E-state index in [9.17, 15) is 9.59 Å². The number of H-pyrrole nitrogens is 2. The van der Waals surface area contributed by atoms with Gasteiger partial charge in [0.2, 0.25) is 0 Å². The van der Waals surface area contributed by atoms with Gasteiger partial charge in [-0.05, 0) is 40.5 Å². The summed E-state index contributed by atoms with van der Waals surface area (Å²) >= 11 is 0. The van der Waals surface area contributed by atoms with E-state index in [0.717, 1.165) is 39.6 Å². The molecule has 0 radical (unpaired) electrons. The van der Waals surface area contributed by atoms with E-state index in [1.54, 1.807) is 0 Å². The Balaban J connectivity index is 1.84. The number of aldehydes is 1. The lowest BCUT2D eigenvalue weighted by Crippen LogP contribution is -1.99. The van der Waals surface area contributed by atoms with Crippen molar-refractivity contribution in [2.24, 2.45) is 0 Å². The molecule has 0 aliphatic carbocycles. The van der Waals surface area contributed by atoms with Gasteiger partial charge in [-0.15, -0.1) is 0 Å². The van der Waals surface area contributed by atoms with Crippen molar-refractivity contribution in [1.29, 1.82) is 0 Å². The molecule has 0 bridgehead atoms. The summed E-state index contributed by atoms with van der Waals surface area (Å²) in [5, 5.41) is 0. The molecule has 0 spiro atoms. The molecule has 0 saturated heterocycles. The van der Waals surface area contributed by atoms with Crippen molar-refractivity contribution in [3.63, 3.8) is 0 Å². The van der Waals surface area contributed by atoms with Crippen LogP contribution in [-0.4, -0.2) is 16.3 Å². The molecule has 3 aromatic carbocycles. The molecule has 0 unspecified atom stereocenters. The molecule has 1 heterocycles. The van der Waals surface area contributed by atoms with Crippen LogP contribution in [0.1, 0.15) is 10.4 Å². The Labute approximate surface area is 137 Å². The largest absolute Gasteiger partial charge is 0.323 e. The lowest BCUT2D eigenvalue weighted by molar-refractivity contribution is 0.112. The number of nitrogens with one attached hydrogen (secondary N) is 2. The number of carbonyl (C=O) groups is 1. The third kappa shape index (κ3) is 2.44. The van der Waals surface area contributed by atoms with E-state index in [4.69, 9.17) is 0 Å². The summed E-state index contributed by atoms with van der Waals surface area (Å²) in [6.45, 7) is 0. The molecule has 0 aliphatic heterocycles. The molecule has 1 aromatic heterocycles. The lowest BCUT2D eigenvalue weighted by atomic mass is 9.95. The first-order chi connectivity index (χ1) is 11.7. The second-order valence-corrected chi connectivity index (χ2v) is 5.63. The molecule has 24 heavy (non-hydrogen) atoms. The minimum Gasteiger partial charge on any atom is -0.306 e. The van der Waals surface area contributed by atoms with Crippen LogP contribution in [0.15, 0.2) is 71.5 Å². The first-order valence-electron chi connectivity index (χ1n) is 7.62. The van der Waals surface area contributed by atoms with Gasteiger partial charge in [0.1, 0.15) is 0 Å². The quantitative estimate of drug-likeness (QED) is 0.561. The molecule has 0 atom stereocenters. The Morgan fingerprint density at radius 3 is 2.25 bits per heavy atom. The maximum absolute atomic E-state index is 11.6. The van der Waals surface area contributed by atoms with Gasteiger partial charge < -0.3 is 9.97 Å². The van der Waals surface area contributed by atoms with E-state index in [-0.39, 0.29) is 5.69 Å². The topological polar surface area (TPSA) is 65.7 Å². The molecule has 0 amide bonds. The Morgan fingerprint density at radius 2 is 1.46 bits per heavy atom. The van der Waals surface area contributed by atoms with Gasteiger partial charge in [-0.25, -0.2) is 4.79 Å². The van der Waals surface area contributed by atoms with Crippen LogP contribution in [0.5, 0.6) is 0 Å². The summed E-state index contributed by atoms with van der Waals surface area (Å²) in [5.74, 6) is 0. The van der Waals surface area contributed by atoms with Gasteiger partial charge in [-0.3, -0.25) is 4.79 Å². The van der Waals surface area contributed by atoms with Gasteiger partial charge in [-0.1, -0.05) is 48.5 Å². The molecule has 4 aromatic rings. The van der Waals surface area contributed by atoms with Crippen LogP contribution in [0.2, 0.25) is 0 Å². The predicted molar refractivity (Wildman–Crippen MR) is 95.2 cm³/mol. The van der Waals surface area contributed by atoms with Gasteiger partial charge >= 0.3 is 5.69 Å². The molecule has 2 N–H and O–H groups in total. The average Bonchev–Trinajstić information content (AvgIpc) is 3.01. The van der Waals surface area contributed by atoms with E-state index < -0.39 is 0 Å². The zero-order valence-corrected chi connectivity index (χ0v) is 12.7. The van der Waals surface area contributed by atoms with Gasteiger partial charge in [0.25, 0.3) is 0 Å². The van der Waals surface area contributed by atoms with Crippen LogP contribution >= 0.6 is 0 Å². The zero-order valence-electron chi connectivity index (χ0n) is 12.7. The molecule has 4 nitrogen and oxygen atoms in total. The fourth-order valence-electron chi connectivity index (χ4n) is 2.93. The first kappa shape index (κ1) is 14.2. The Bertz CT molecular complexity index is 1090. The summed E-state index contributed by atoms with van der Waals surface area (Å²) in [6.07, 6.45) is 0.867. The number of aromatic nitrogens is 2. The highest BCUT2D eigenvalue weighted by molar-refractivity contribution is 5.92. The minimum absolute atomic E-state index is 0.239. The maximum atomic E-state index is 11.6. The summed E-state index contributed by atoms with van der Waals surface area (Å²) in [4.78, 5) is 28.4. The van der Waals surface area contributed by atoms with Crippen LogP contribution in [0.3, 0.4) is 0 Å². The van der Waals surface area contributed by atoms with E-state index in [2.05, 4.69) is 9.97 Å². The molecule has 4 rings (SSSR count). The van der Waals surface area contributed by atoms with Crippen LogP contribution in [0.4, 0.5) is 0 Å². The molecule has 116 valence electrons. The van der Waals surface area contributed by atoms with Crippen LogP contribution < -0.4 is 5.69 Å². The molecule has 4 heteroatoms. The Morgan fingerprint density at radius 1 is 0.708 bits per heavy atom. The van der Waals surface area contributed by atoms with E-state index in [1.807, 2.05) is 66.7 Å². The van der Waals surface area contributed by atoms with Crippen molar-refractivity contribution in [2.45, 2.75) is 0 Å². The van der Waals surface area contributed by atoms with Crippen molar-refractivity contribution in [3.05, 3.63) is 82.8 Å². The van der Waals surface area contributed by atoms with Crippen molar-refractivity contribution < 1.29 is 4.79 Å². The summed E-state index contributed by atoms with van der Waals surface area (Å²) in [7, 11) is 0. The SMILES string of the molecule is O=Cc1cc(-c2ccccc2)ccc1-c1ccc2[nH]c(=O)[nH]c2c1. The van der Waals surface area contributed by atoms with Crippen molar-refractivity contribution in [1.82, 2.24) is 9.97 Å². The van der Waals surface area contributed by atoms with Crippen LogP contribution in [0.25, 0.3) is 33.3 Å². The number of aromatic amines is 2. The van der Waals surface area contributed by atoms with E-state index in [0.29, 0.717) is 5.56 Å². The highest BCUT2D eigenvalue weighted by Crippen LogP contribution is 2.29. The highest BCUT2D eigenvalue weighted by atomic mass is 16.1. The second-order valence-electron chi connectivity index (χ2n) is 5.63. The van der Waals surface area contributed by atoms with E-state index in [1.165, 1.54) is 0 Å². The number of carbonyl (C=O) groups excluding carboxylic acids is 1. The highest BCUT2D eigenvalue weighted by Gasteiger charge is 2.09. The number of rotatable bonds is 3. The molecule has 0 fully saturated rings. The summed E-state index contributed by atoms with van der Waals surface area (Å²) in [6, 6.07) is 21.4. The number of hydrogen-bond donors (Lipinski definition) is 2. The normalized spacial score (nSPS) is 10.8. The number of fused-ring (bicyclic) bond motifs is 1. The molecular formula is C20H14N2O2. The van der Waals surface area contributed by atoms with Crippen LogP contribution in [-0.2, 0) is 0 Å². The smallest absolute Gasteiger partial charge is 0.306 e. The zero-order chi connectivity index (χ0) is 16.5. The number of benzene rings is 3. The summed E-state index contributed by atoms with van der Waals surface area (Å²) < 4.78 is 0. The fraction of sp³-hybridized carbons (Fsp3) is 0. The van der Waals surface area contributed by atoms with Gasteiger partial charge in [0, 0.05) is 5.56 Å². The number of imidazole rings is 1. The standard InChI is InChI=1S/C20H14N2O2/c23-12-16-10-14(13-4-2-1-3-5-13)6-8-17(16)15-7-9-18-19(11-15)22-20(24)21-18/h1-12H,(H2,21,22,24). The van der Waals surface area contributed by atoms with Gasteiger partial charge in [0.05, 0.1) is 11.0 Å². The van der Waals surface area contributed by atoms with Crippen molar-refractivity contribution >= 4 is 17.3 Å². The first-order valence-corrected chi connectivity index (χ1v) is 7.62. The maximum Gasteiger partial charge on any atom is 0.323 e. The Kier molecular flexibility index (Phi) is 3.35. The van der Waals surface area contributed by atoms with Gasteiger partial charge in [-0.2, -0.15) is 0 Å². The van der Waals surface area contributed by atoms with Gasteiger partial charge in [0.15, 0.2) is 6.29 Å².